The molecule has 4 rings (SSSR count). The van der Waals surface area contributed by atoms with Crippen molar-refractivity contribution >= 4 is 29.1 Å². The smallest absolute Gasteiger partial charge is 0.295 e. The number of rotatable bonds is 11. The van der Waals surface area contributed by atoms with Crippen LogP contribution in [0.1, 0.15) is 55.8 Å². The molecule has 1 amide bonds. The summed E-state index contributed by atoms with van der Waals surface area (Å²) in [5, 5.41) is 11.8. The van der Waals surface area contributed by atoms with Gasteiger partial charge in [0, 0.05) is 29.5 Å². The van der Waals surface area contributed by atoms with E-state index in [1.54, 1.807) is 60.9 Å². The molecule has 8 heteroatoms. The molecule has 198 valence electrons. The minimum absolute atomic E-state index is 0.000255. The first kappa shape index (κ1) is 27.2. The number of hydrogen-bond donors (Lipinski definition) is 1. The lowest BCUT2D eigenvalue weighted by Gasteiger charge is -2.26. The van der Waals surface area contributed by atoms with E-state index in [9.17, 15) is 14.7 Å². The highest BCUT2D eigenvalue weighted by molar-refractivity contribution is 6.46. The Morgan fingerprint density at radius 1 is 1.03 bits per heavy atom. The summed E-state index contributed by atoms with van der Waals surface area (Å²) < 4.78 is 11.9. The third-order valence-corrected chi connectivity index (χ3v) is 6.57. The Kier molecular flexibility index (Phi) is 9.02. The van der Waals surface area contributed by atoms with Crippen molar-refractivity contribution < 1.29 is 24.2 Å². The molecular weight excluding hydrogens is 504 g/mol. The molecule has 1 saturated heterocycles. The minimum Gasteiger partial charge on any atom is -0.507 e. The molecule has 7 nitrogen and oxygen atoms in total. The Morgan fingerprint density at radius 2 is 1.82 bits per heavy atom. The maximum atomic E-state index is 13.3. The fourth-order valence-electron chi connectivity index (χ4n) is 4.46. The van der Waals surface area contributed by atoms with Crippen LogP contribution < -0.4 is 9.47 Å². The first-order chi connectivity index (χ1) is 18.4. The van der Waals surface area contributed by atoms with Crippen LogP contribution >= 0.6 is 11.6 Å². The number of amides is 1. The van der Waals surface area contributed by atoms with Gasteiger partial charge >= 0.3 is 0 Å². The number of carbonyl (C=O) groups is 2. The lowest BCUT2D eigenvalue weighted by molar-refractivity contribution is -0.140. The molecule has 0 radical (unpaired) electrons. The van der Waals surface area contributed by atoms with Gasteiger partial charge in [0.1, 0.15) is 5.76 Å². The number of likely N-dealkylation sites (tertiary alicyclic amines) is 1. The van der Waals surface area contributed by atoms with E-state index in [-0.39, 0.29) is 17.9 Å². The van der Waals surface area contributed by atoms with Crippen molar-refractivity contribution in [2.45, 2.75) is 45.7 Å². The molecule has 2 aromatic carbocycles. The topological polar surface area (TPSA) is 89.0 Å². The van der Waals surface area contributed by atoms with Gasteiger partial charge in [-0.1, -0.05) is 43.5 Å². The number of unbranched alkanes of at least 4 members (excludes halogenated alkanes) is 2. The molecule has 0 bridgehead atoms. The maximum absolute atomic E-state index is 13.3. The second-order valence-corrected chi connectivity index (χ2v) is 9.43. The number of hydrogen-bond acceptors (Lipinski definition) is 6. The van der Waals surface area contributed by atoms with E-state index in [0.29, 0.717) is 40.9 Å². The standard InChI is InChI=1S/C30H31ClN2O5/c1-3-5-6-16-38-24-14-11-22(17-25(24)37-4-2)27-26(28(34)21-9-12-23(31)13-10-21)29(35)30(36)33(27)19-20-8-7-15-32-18-20/h7-15,17-18,27,34H,3-6,16,19H2,1-2H3/b28-26+. The largest absolute Gasteiger partial charge is 0.507 e. The van der Waals surface area contributed by atoms with Crippen LogP contribution in [0.15, 0.2) is 72.6 Å². The van der Waals surface area contributed by atoms with Gasteiger partial charge in [-0.3, -0.25) is 14.6 Å². The first-order valence-corrected chi connectivity index (χ1v) is 13.1. The van der Waals surface area contributed by atoms with E-state index < -0.39 is 17.7 Å². The number of aliphatic hydroxyl groups excluding tert-OH is 1. The molecular formula is C30H31ClN2O5. The number of ether oxygens (including phenoxy) is 2. The summed E-state index contributed by atoms with van der Waals surface area (Å²) in [7, 11) is 0. The van der Waals surface area contributed by atoms with E-state index in [1.165, 1.54) is 4.90 Å². The molecule has 1 fully saturated rings. The van der Waals surface area contributed by atoms with Crippen molar-refractivity contribution in [1.29, 1.82) is 0 Å². The van der Waals surface area contributed by atoms with Gasteiger partial charge < -0.3 is 19.5 Å². The number of aliphatic hydroxyl groups is 1. The molecule has 1 N–H and O–H groups in total. The normalized spacial score (nSPS) is 16.6. The summed E-state index contributed by atoms with van der Waals surface area (Å²) in [6.45, 7) is 5.12. The van der Waals surface area contributed by atoms with Crippen molar-refractivity contribution in [3.8, 4) is 11.5 Å². The molecule has 1 unspecified atom stereocenters. The van der Waals surface area contributed by atoms with Crippen LogP contribution in [-0.4, -0.2) is 39.9 Å². The molecule has 0 aliphatic carbocycles. The first-order valence-electron chi connectivity index (χ1n) is 12.8. The molecule has 1 aliphatic heterocycles. The summed E-state index contributed by atoms with van der Waals surface area (Å²) in [5.41, 5.74) is 1.76. The number of benzene rings is 2. The van der Waals surface area contributed by atoms with Gasteiger partial charge in [-0.25, -0.2) is 0 Å². The van der Waals surface area contributed by atoms with Crippen LogP contribution in [0, 0.1) is 0 Å². The maximum Gasteiger partial charge on any atom is 0.295 e. The summed E-state index contributed by atoms with van der Waals surface area (Å²) in [4.78, 5) is 32.2. The number of Topliss-reactive ketones (excluding diaryl/α,β-unsaturated/α-hetero) is 1. The predicted octanol–water partition coefficient (Wildman–Crippen LogP) is 6.32. The van der Waals surface area contributed by atoms with Gasteiger partial charge in [0.2, 0.25) is 0 Å². The molecule has 0 saturated carbocycles. The van der Waals surface area contributed by atoms with E-state index in [4.69, 9.17) is 21.1 Å². The molecule has 1 aliphatic rings. The average Bonchev–Trinajstić information content (AvgIpc) is 3.17. The fraction of sp³-hybridized carbons (Fsp3) is 0.300. The highest BCUT2D eigenvalue weighted by Gasteiger charge is 2.46. The van der Waals surface area contributed by atoms with Gasteiger partial charge in [0.05, 0.1) is 24.8 Å². The van der Waals surface area contributed by atoms with Crippen molar-refractivity contribution in [1.82, 2.24) is 9.88 Å². The minimum atomic E-state index is -0.848. The van der Waals surface area contributed by atoms with Gasteiger partial charge in [0.15, 0.2) is 11.5 Å². The van der Waals surface area contributed by atoms with E-state index in [2.05, 4.69) is 11.9 Å². The molecule has 1 atom stereocenters. The third kappa shape index (κ3) is 6.00. The third-order valence-electron chi connectivity index (χ3n) is 6.32. The van der Waals surface area contributed by atoms with E-state index >= 15 is 0 Å². The van der Waals surface area contributed by atoms with Crippen LogP contribution in [0.3, 0.4) is 0 Å². The second kappa shape index (κ2) is 12.6. The Hall–Kier alpha value is -3.84. The van der Waals surface area contributed by atoms with Crippen LogP contribution in [0.4, 0.5) is 0 Å². The number of nitrogens with zero attached hydrogens (tertiary/aromatic N) is 2. The summed E-state index contributed by atoms with van der Waals surface area (Å²) >= 11 is 6.02. The fourth-order valence-corrected chi connectivity index (χ4v) is 4.58. The summed E-state index contributed by atoms with van der Waals surface area (Å²) in [5.74, 6) is -0.624. The predicted molar refractivity (Wildman–Crippen MR) is 146 cm³/mol. The number of pyridine rings is 1. The zero-order valence-corrected chi connectivity index (χ0v) is 22.3. The monoisotopic (exact) mass is 534 g/mol. The Morgan fingerprint density at radius 3 is 2.50 bits per heavy atom. The van der Waals surface area contributed by atoms with Crippen LogP contribution in [-0.2, 0) is 16.1 Å². The van der Waals surface area contributed by atoms with Gasteiger partial charge in [-0.05, 0) is 66.9 Å². The molecule has 3 aromatic rings. The Labute approximate surface area is 227 Å². The average molecular weight is 535 g/mol. The molecule has 2 heterocycles. The Balaban J connectivity index is 1.80. The van der Waals surface area contributed by atoms with Crippen molar-refractivity contribution in [3.63, 3.8) is 0 Å². The van der Waals surface area contributed by atoms with Crippen LogP contribution in [0.2, 0.25) is 5.02 Å². The van der Waals surface area contributed by atoms with Crippen molar-refractivity contribution in [3.05, 3.63) is 94.3 Å². The highest BCUT2D eigenvalue weighted by Crippen LogP contribution is 2.42. The van der Waals surface area contributed by atoms with E-state index in [0.717, 1.165) is 24.8 Å². The van der Waals surface area contributed by atoms with Crippen molar-refractivity contribution in [2.24, 2.45) is 0 Å². The SMILES string of the molecule is CCCCCOc1ccc(C2/C(=C(\O)c3ccc(Cl)cc3)C(=O)C(=O)N2Cc2cccnc2)cc1OCC. The molecule has 1 aromatic heterocycles. The van der Waals surface area contributed by atoms with Crippen LogP contribution in [0.25, 0.3) is 5.76 Å². The summed E-state index contributed by atoms with van der Waals surface area (Å²) in [6.07, 6.45) is 6.37. The number of halogens is 1. The van der Waals surface area contributed by atoms with Crippen LogP contribution in [0.5, 0.6) is 11.5 Å². The van der Waals surface area contributed by atoms with Gasteiger partial charge in [0.25, 0.3) is 11.7 Å². The lowest BCUT2D eigenvalue weighted by atomic mass is 9.95. The van der Waals surface area contributed by atoms with Gasteiger partial charge in [-0.15, -0.1) is 0 Å². The zero-order chi connectivity index (χ0) is 27.1. The van der Waals surface area contributed by atoms with Crippen molar-refractivity contribution in [2.75, 3.05) is 13.2 Å². The summed E-state index contributed by atoms with van der Waals surface area (Å²) in [6, 6.07) is 14.6. The zero-order valence-electron chi connectivity index (χ0n) is 21.5. The molecule has 0 spiro atoms. The van der Waals surface area contributed by atoms with Gasteiger partial charge in [-0.2, -0.15) is 0 Å². The number of aromatic nitrogens is 1. The van der Waals surface area contributed by atoms with E-state index in [1.807, 2.05) is 13.0 Å². The second-order valence-electron chi connectivity index (χ2n) is 8.99. The Bertz CT molecular complexity index is 1310. The number of ketones is 1. The number of carbonyl (C=O) groups excluding carboxylic acids is 2. The highest BCUT2D eigenvalue weighted by atomic mass is 35.5. The quantitative estimate of drug-likeness (QED) is 0.134. The molecule has 38 heavy (non-hydrogen) atoms. The lowest BCUT2D eigenvalue weighted by Crippen LogP contribution is -2.29.